The van der Waals surface area contributed by atoms with Gasteiger partial charge in [0.25, 0.3) is 0 Å². The van der Waals surface area contributed by atoms with Crippen LogP contribution < -0.4 is 0 Å². The molecule has 0 saturated carbocycles. The Kier molecular flexibility index (Phi) is 9.59. The second kappa shape index (κ2) is 9.97. The Morgan fingerprint density at radius 1 is 1.07 bits per heavy atom. The number of nitrogens with zero attached hydrogens (tertiary/aromatic N) is 1. The quantitative estimate of drug-likeness (QED) is 0.553. The van der Waals surface area contributed by atoms with Crippen molar-refractivity contribution in [1.82, 2.24) is 4.90 Å². The van der Waals surface area contributed by atoms with Crippen molar-refractivity contribution in [2.24, 2.45) is 0 Å². The maximum absolute atomic E-state index is 11.5. The van der Waals surface area contributed by atoms with Crippen molar-refractivity contribution >= 4 is 5.91 Å². The molecule has 0 aliphatic carbocycles. The van der Waals surface area contributed by atoms with Crippen molar-refractivity contribution in [3.05, 3.63) is 0 Å². The summed E-state index contributed by atoms with van der Waals surface area (Å²) >= 11 is 0. The van der Waals surface area contributed by atoms with E-state index < -0.39 is 0 Å². The van der Waals surface area contributed by atoms with Gasteiger partial charge in [-0.15, -0.1) is 0 Å². The van der Waals surface area contributed by atoms with Gasteiger partial charge in [-0.2, -0.15) is 0 Å². The lowest BCUT2D eigenvalue weighted by molar-refractivity contribution is -0.135. The van der Waals surface area contributed by atoms with E-state index in [4.69, 9.17) is 4.74 Å². The highest BCUT2D eigenvalue weighted by atomic mass is 16.5. The second-order valence-electron chi connectivity index (χ2n) is 3.68. The van der Waals surface area contributed by atoms with Crippen molar-refractivity contribution in [2.75, 3.05) is 26.3 Å². The molecule has 1 amide bonds. The summed E-state index contributed by atoms with van der Waals surface area (Å²) in [5, 5.41) is 0. The summed E-state index contributed by atoms with van der Waals surface area (Å²) in [5.74, 6) is 0.107. The lowest BCUT2D eigenvalue weighted by Crippen LogP contribution is -2.33. The molecule has 0 heterocycles. The highest BCUT2D eigenvalue weighted by Gasteiger charge is 2.08. The van der Waals surface area contributed by atoms with Gasteiger partial charge in [-0.25, -0.2) is 0 Å². The molecule has 0 aromatic rings. The Bertz CT molecular complexity index is 156. The number of unbranched alkanes of at least 4 members (excludes halogenated alkanes) is 3. The molecule has 0 radical (unpaired) electrons. The molecular formula is C12H25NO2. The Balaban J connectivity index is 3.38. The van der Waals surface area contributed by atoms with E-state index in [9.17, 15) is 4.79 Å². The van der Waals surface area contributed by atoms with Crippen LogP contribution in [0.4, 0.5) is 0 Å². The molecule has 0 fully saturated rings. The third kappa shape index (κ3) is 7.37. The van der Waals surface area contributed by atoms with E-state index in [1.807, 2.05) is 13.8 Å². The first-order chi connectivity index (χ1) is 7.26. The number of rotatable bonds is 9. The van der Waals surface area contributed by atoms with Crippen LogP contribution in [-0.2, 0) is 9.53 Å². The largest absolute Gasteiger partial charge is 0.372 e. The van der Waals surface area contributed by atoms with Crippen LogP contribution in [0.15, 0.2) is 0 Å². The van der Waals surface area contributed by atoms with Crippen LogP contribution in [-0.4, -0.2) is 37.1 Å². The summed E-state index contributed by atoms with van der Waals surface area (Å²) < 4.78 is 5.34. The lowest BCUT2D eigenvalue weighted by atomic mass is 10.2. The number of ether oxygens (including phenoxy) is 1. The van der Waals surface area contributed by atoms with Crippen LogP contribution in [0.3, 0.4) is 0 Å². The van der Waals surface area contributed by atoms with E-state index >= 15 is 0 Å². The molecular weight excluding hydrogens is 190 g/mol. The summed E-state index contributed by atoms with van der Waals surface area (Å²) in [6.45, 7) is 8.67. The number of hydrogen-bond acceptors (Lipinski definition) is 2. The number of likely N-dealkylation sites (N-methyl/N-ethyl adjacent to an activating group) is 1. The van der Waals surface area contributed by atoms with E-state index in [-0.39, 0.29) is 12.5 Å². The smallest absolute Gasteiger partial charge is 0.248 e. The van der Waals surface area contributed by atoms with Gasteiger partial charge in [0.05, 0.1) is 0 Å². The van der Waals surface area contributed by atoms with Gasteiger partial charge in [-0.1, -0.05) is 26.2 Å². The highest BCUT2D eigenvalue weighted by Crippen LogP contribution is 1.99. The van der Waals surface area contributed by atoms with Gasteiger partial charge in [0.1, 0.15) is 6.61 Å². The molecule has 0 unspecified atom stereocenters. The maximum atomic E-state index is 11.5. The number of carbonyl (C=O) groups excluding carboxylic acids is 1. The third-order valence-electron chi connectivity index (χ3n) is 2.48. The van der Waals surface area contributed by atoms with Gasteiger partial charge in [0.2, 0.25) is 5.91 Å². The van der Waals surface area contributed by atoms with Gasteiger partial charge >= 0.3 is 0 Å². The summed E-state index contributed by atoms with van der Waals surface area (Å²) in [6, 6.07) is 0. The third-order valence-corrected chi connectivity index (χ3v) is 2.48. The van der Waals surface area contributed by atoms with Crippen molar-refractivity contribution < 1.29 is 9.53 Å². The van der Waals surface area contributed by atoms with Crippen molar-refractivity contribution in [3.63, 3.8) is 0 Å². The van der Waals surface area contributed by atoms with Crippen molar-refractivity contribution in [2.45, 2.75) is 46.5 Å². The van der Waals surface area contributed by atoms with E-state index in [1.165, 1.54) is 19.3 Å². The molecule has 0 spiro atoms. The summed E-state index contributed by atoms with van der Waals surface area (Å²) in [5.41, 5.74) is 0. The van der Waals surface area contributed by atoms with Gasteiger partial charge in [0.15, 0.2) is 0 Å². The molecule has 90 valence electrons. The molecule has 0 N–H and O–H groups in total. The topological polar surface area (TPSA) is 29.5 Å². The van der Waals surface area contributed by atoms with Gasteiger partial charge < -0.3 is 9.64 Å². The van der Waals surface area contributed by atoms with E-state index in [0.29, 0.717) is 6.61 Å². The predicted octanol–water partition coefficient (Wildman–Crippen LogP) is 2.45. The first-order valence-electron chi connectivity index (χ1n) is 6.11. The molecule has 3 heteroatoms. The minimum atomic E-state index is 0.107. The number of amides is 1. The Labute approximate surface area is 93.8 Å². The van der Waals surface area contributed by atoms with Crippen LogP contribution in [0.1, 0.15) is 46.5 Å². The summed E-state index contributed by atoms with van der Waals surface area (Å²) in [6.07, 6.45) is 4.76. The molecule has 3 nitrogen and oxygen atoms in total. The predicted molar refractivity (Wildman–Crippen MR) is 62.9 cm³/mol. The van der Waals surface area contributed by atoms with E-state index in [1.54, 1.807) is 4.90 Å². The molecule has 0 aliphatic rings. The van der Waals surface area contributed by atoms with E-state index in [2.05, 4.69) is 6.92 Å². The molecule has 0 aromatic heterocycles. The number of hydrogen-bond donors (Lipinski definition) is 0. The van der Waals surface area contributed by atoms with Gasteiger partial charge in [-0.3, -0.25) is 4.79 Å². The molecule has 0 atom stereocenters. The zero-order valence-corrected chi connectivity index (χ0v) is 10.4. The molecule has 0 bridgehead atoms. The van der Waals surface area contributed by atoms with Crippen LogP contribution in [0.2, 0.25) is 0 Å². The monoisotopic (exact) mass is 215 g/mol. The number of carbonyl (C=O) groups is 1. The fraction of sp³-hybridized carbons (Fsp3) is 0.917. The van der Waals surface area contributed by atoms with Gasteiger partial charge in [0, 0.05) is 19.7 Å². The average molecular weight is 215 g/mol. The Morgan fingerprint density at radius 2 is 1.73 bits per heavy atom. The minimum Gasteiger partial charge on any atom is -0.372 e. The molecule has 15 heavy (non-hydrogen) atoms. The summed E-state index contributed by atoms with van der Waals surface area (Å²) in [4.78, 5) is 13.3. The fourth-order valence-electron chi connectivity index (χ4n) is 1.46. The van der Waals surface area contributed by atoms with E-state index in [0.717, 1.165) is 19.5 Å². The first-order valence-corrected chi connectivity index (χ1v) is 6.11. The Hall–Kier alpha value is -0.570. The molecule has 0 saturated heterocycles. The lowest BCUT2D eigenvalue weighted by Gasteiger charge is -2.18. The minimum absolute atomic E-state index is 0.107. The first kappa shape index (κ1) is 14.4. The Morgan fingerprint density at radius 3 is 2.27 bits per heavy atom. The SMILES string of the molecule is CCCCCCOCC(=O)N(CC)CC. The van der Waals surface area contributed by atoms with Crippen molar-refractivity contribution in [1.29, 1.82) is 0 Å². The molecule has 0 aromatic carbocycles. The molecule has 0 aliphatic heterocycles. The normalized spacial score (nSPS) is 10.3. The van der Waals surface area contributed by atoms with Gasteiger partial charge in [-0.05, 0) is 20.3 Å². The van der Waals surface area contributed by atoms with Crippen LogP contribution in [0.25, 0.3) is 0 Å². The fourth-order valence-corrected chi connectivity index (χ4v) is 1.46. The van der Waals surface area contributed by atoms with Crippen LogP contribution in [0.5, 0.6) is 0 Å². The maximum Gasteiger partial charge on any atom is 0.248 e. The standard InChI is InChI=1S/C12H25NO2/c1-4-7-8-9-10-15-11-12(14)13(5-2)6-3/h4-11H2,1-3H3. The van der Waals surface area contributed by atoms with Crippen LogP contribution in [0, 0.1) is 0 Å². The summed E-state index contributed by atoms with van der Waals surface area (Å²) in [7, 11) is 0. The van der Waals surface area contributed by atoms with Crippen molar-refractivity contribution in [3.8, 4) is 0 Å². The second-order valence-corrected chi connectivity index (χ2v) is 3.68. The highest BCUT2D eigenvalue weighted by molar-refractivity contribution is 5.77. The zero-order valence-electron chi connectivity index (χ0n) is 10.4. The zero-order chi connectivity index (χ0) is 11.5. The average Bonchev–Trinajstić information content (AvgIpc) is 2.25. The van der Waals surface area contributed by atoms with Crippen LogP contribution >= 0.6 is 0 Å². The molecule has 0 rings (SSSR count).